The number of ether oxygens (including phenoxy) is 1. The van der Waals surface area contributed by atoms with Crippen molar-refractivity contribution in [3.63, 3.8) is 0 Å². The summed E-state index contributed by atoms with van der Waals surface area (Å²) >= 11 is 7.86. The number of piperazine rings is 1. The van der Waals surface area contributed by atoms with Crippen LogP contribution in [0.5, 0.6) is 11.5 Å². The van der Waals surface area contributed by atoms with Crippen LogP contribution in [0.15, 0.2) is 46.3 Å². The predicted octanol–water partition coefficient (Wildman–Crippen LogP) is 4.97. The predicted molar refractivity (Wildman–Crippen MR) is 125 cm³/mol. The molecular formula is C23H26ClN3O3S. The Morgan fingerprint density at radius 3 is 2.58 bits per heavy atom. The molecule has 2 aromatic carbocycles. The van der Waals surface area contributed by atoms with E-state index in [1.54, 1.807) is 31.7 Å². The van der Waals surface area contributed by atoms with E-state index in [9.17, 15) is 9.90 Å². The zero-order valence-corrected chi connectivity index (χ0v) is 19.5. The standard InChI is InChI=1S/C23H26ClN3O3S/c1-23(2,22(28)29)14-26-8-10-27(11-9-26)21-17-6-5-16(31-3)13-19(17)30-20-12-15(24)4-7-18(20)25-21/h4-7,12-13H,8-11,14H2,1-3H3,(H,28,29). The van der Waals surface area contributed by atoms with Crippen LogP contribution in [0.25, 0.3) is 0 Å². The maximum Gasteiger partial charge on any atom is 0.310 e. The Balaban J connectivity index is 1.63. The first-order valence-electron chi connectivity index (χ1n) is 10.2. The molecule has 0 aromatic heterocycles. The Labute approximate surface area is 191 Å². The Hall–Kier alpha value is -2.22. The largest absolute Gasteiger partial charge is 0.481 e. The molecule has 1 N–H and O–H groups in total. The van der Waals surface area contributed by atoms with Crippen LogP contribution in [0.4, 0.5) is 5.69 Å². The Morgan fingerprint density at radius 2 is 1.90 bits per heavy atom. The molecule has 6 nitrogen and oxygen atoms in total. The van der Waals surface area contributed by atoms with Crippen molar-refractivity contribution in [2.45, 2.75) is 18.7 Å². The summed E-state index contributed by atoms with van der Waals surface area (Å²) in [6.07, 6.45) is 2.04. The van der Waals surface area contributed by atoms with Gasteiger partial charge in [0.1, 0.15) is 17.3 Å². The smallest absolute Gasteiger partial charge is 0.310 e. The quantitative estimate of drug-likeness (QED) is 0.651. The van der Waals surface area contributed by atoms with Crippen molar-refractivity contribution in [1.82, 2.24) is 9.80 Å². The number of carboxylic acid groups (broad SMARTS) is 1. The monoisotopic (exact) mass is 459 g/mol. The van der Waals surface area contributed by atoms with Gasteiger partial charge in [-0.15, -0.1) is 11.8 Å². The maximum atomic E-state index is 11.5. The van der Waals surface area contributed by atoms with Crippen molar-refractivity contribution in [1.29, 1.82) is 0 Å². The van der Waals surface area contributed by atoms with Gasteiger partial charge in [-0.1, -0.05) is 11.6 Å². The number of aliphatic carboxylic acids is 1. The summed E-state index contributed by atoms with van der Waals surface area (Å²) in [6, 6.07) is 11.7. The average molecular weight is 460 g/mol. The SMILES string of the molecule is CSc1ccc2c(c1)Oc1cc(Cl)ccc1N=C2N1CCN(CC(C)(C)C(=O)O)CC1. The number of carboxylic acids is 1. The van der Waals surface area contributed by atoms with Gasteiger partial charge in [0.15, 0.2) is 5.75 Å². The first kappa shape index (κ1) is 22.0. The number of thioether (sulfide) groups is 1. The molecule has 0 atom stereocenters. The van der Waals surface area contributed by atoms with Crippen molar-refractivity contribution in [3.05, 3.63) is 47.0 Å². The Kier molecular flexibility index (Phi) is 6.19. The summed E-state index contributed by atoms with van der Waals surface area (Å²) in [6.45, 7) is 7.17. The molecule has 0 radical (unpaired) electrons. The molecule has 2 aliphatic rings. The molecule has 1 saturated heterocycles. The van der Waals surface area contributed by atoms with E-state index >= 15 is 0 Å². The maximum absolute atomic E-state index is 11.5. The molecule has 2 aliphatic heterocycles. The van der Waals surface area contributed by atoms with Crippen molar-refractivity contribution in [2.24, 2.45) is 10.4 Å². The van der Waals surface area contributed by atoms with Gasteiger partial charge in [-0.3, -0.25) is 9.69 Å². The molecule has 1 fully saturated rings. The van der Waals surface area contributed by atoms with Crippen molar-refractivity contribution >= 4 is 40.9 Å². The molecule has 2 heterocycles. The second-order valence-electron chi connectivity index (χ2n) is 8.46. The Morgan fingerprint density at radius 1 is 1.16 bits per heavy atom. The first-order chi connectivity index (χ1) is 14.8. The van der Waals surface area contributed by atoms with Crippen molar-refractivity contribution in [3.8, 4) is 11.5 Å². The number of halogens is 1. The number of hydrogen-bond acceptors (Lipinski definition) is 6. The summed E-state index contributed by atoms with van der Waals surface area (Å²) in [5.74, 6) is 1.51. The van der Waals surface area contributed by atoms with E-state index in [4.69, 9.17) is 21.3 Å². The zero-order chi connectivity index (χ0) is 22.2. The lowest BCUT2D eigenvalue weighted by Gasteiger charge is -2.39. The number of aliphatic imine (C=N–C) groups is 1. The molecule has 31 heavy (non-hydrogen) atoms. The van der Waals surface area contributed by atoms with Crippen molar-refractivity contribution < 1.29 is 14.6 Å². The molecule has 2 aromatic rings. The van der Waals surface area contributed by atoms with E-state index in [-0.39, 0.29) is 0 Å². The fourth-order valence-electron chi connectivity index (χ4n) is 3.84. The second-order valence-corrected chi connectivity index (χ2v) is 9.78. The third kappa shape index (κ3) is 4.68. The minimum absolute atomic E-state index is 0.529. The van der Waals surface area contributed by atoms with E-state index < -0.39 is 11.4 Å². The lowest BCUT2D eigenvalue weighted by atomic mass is 9.93. The molecule has 0 amide bonds. The van der Waals surface area contributed by atoms with Gasteiger partial charge < -0.3 is 14.7 Å². The highest BCUT2D eigenvalue weighted by Crippen LogP contribution is 2.41. The normalized spacial score (nSPS) is 16.6. The third-order valence-electron chi connectivity index (χ3n) is 5.67. The van der Waals surface area contributed by atoms with E-state index in [1.165, 1.54) is 0 Å². The van der Waals surface area contributed by atoms with E-state index in [1.807, 2.05) is 24.5 Å². The number of fused-ring (bicyclic) bond motifs is 2. The number of benzene rings is 2. The molecule has 0 bridgehead atoms. The lowest BCUT2D eigenvalue weighted by Crippen LogP contribution is -2.52. The number of carbonyl (C=O) groups is 1. The minimum Gasteiger partial charge on any atom is -0.481 e. The average Bonchev–Trinajstić information content (AvgIpc) is 2.89. The fraction of sp³-hybridized carbons (Fsp3) is 0.391. The number of nitrogens with zero attached hydrogens (tertiary/aromatic N) is 3. The van der Waals surface area contributed by atoms with Gasteiger partial charge in [0, 0.05) is 48.7 Å². The molecule has 8 heteroatoms. The van der Waals surface area contributed by atoms with Gasteiger partial charge >= 0.3 is 5.97 Å². The fourth-order valence-corrected chi connectivity index (χ4v) is 4.43. The summed E-state index contributed by atoms with van der Waals surface area (Å²) < 4.78 is 6.25. The zero-order valence-electron chi connectivity index (χ0n) is 17.9. The second kappa shape index (κ2) is 8.73. The summed E-state index contributed by atoms with van der Waals surface area (Å²) in [4.78, 5) is 22.0. The minimum atomic E-state index is -0.769. The van der Waals surface area contributed by atoms with E-state index in [0.717, 1.165) is 53.9 Å². The van der Waals surface area contributed by atoms with Crippen molar-refractivity contribution in [2.75, 3.05) is 39.0 Å². The molecule has 0 aliphatic carbocycles. The van der Waals surface area contributed by atoms with E-state index in [2.05, 4.69) is 21.9 Å². The molecule has 0 unspecified atom stereocenters. The molecule has 0 spiro atoms. The molecular weight excluding hydrogens is 434 g/mol. The number of rotatable bonds is 4. The highest BCUT2D eigenvalue weighted by atomic mass is 35.5. The van der Waals surface area contributed by atoms with Gasteiger partial charge in [0.05, 0.1) is 11.0 Å². The van der Waals surface area contributed by atoms with Crippen LogP contribution in [0.1, 0.15) is 19.4 Å². The van der Waals surface area contributed by atoms with Crippen LogP contribution in [0.3, 0.4) is 0 Å². The number of hydrogen-bond donors (Lipinski definition) is 1. The Bertz CT molecular complexity index is 1030. The summed E-state index contributed by atoms with van der Waals surface area (Å²) in [5, 5.41) is 10.0. The third-order valence-corrected chi connectivity index (χ3v) is 6.63. The van der Waals surface area contributed by atoms with Crippen LogP contribution >= 0.6 is 23.4 Å². The number of amidine groups is 1. The van der Waals surface area contributed by atoms with Crippen LogP contribution in [-0.4, -0.2) is 65.7 Å². The summed E-state index contributed by atoms with van der Waals surface area (Å²) in [7, 11) is 0. The first-order valence-corrected chi connectivity index (χ1v) is 11.8. The summed E-state index contributed by atoms with van der Waals surface area (Å²) in [5.41, 5.74) is 0.926. The van der Waals surface area contributed by atoms with Crippen LogP contribution in [-0.2, 0) is 4.79 Å². The van der Waals surface area contributed by atoms with Crippen LogP contribution in [0, 0.1) is 5.41 Å². The van der Waals surface area contributed by atoms with Gasteiger partial charge in [-0.25, -0.2) is 4.99 Å². The van der Waals surface area contributed by atoms with Gasteiger partial charge in [-0.2, -0.15) is 0 Å². The highest BCUT2D eigenvalue weighted by molar-refractivity contribution is 7.98. The lowest BCUT2D eigenvalue weighted by molar-refractivity contribution is -0.148. The van der Waals surface area contributed by atoms with Crippen LogP contribution < -0.4 is 4.74 Å². The molecule has 164 valence electrons. The molecule has 0 saturated carbocycles. The van der Waals surface area contributed by atoms with Gasteiger partial charge in [0.25, 0.3) is 0 Å². The van der Waals surface area contributed by atoms with Crippen LogP contribution in [0.2, 0.25) is 5.02 Å². The topological polar surface area (TPSA) is 65.4 Å². The van der Waals surface area contributed by atoms with Gasteiger partial charge in [-0.05, 0) is 50.4 Å². The molecule has 4 rings (SSSR count). The highest BCUT2D eigenvalue weighted by Gasteiger charge is 2.32. The van der Waals surface area contributed by atoms with E-state index in [0.29, 0.717) is 17.3 Å². The van der Waals surface area contributed by atoms with Gasteiger partial charge in [0.2, 0.25) is 0 Å².